The van der Waals surface area contributed by atoms with Crippen LogP contribution in [0.4, 0.5) is 0 Å². The van der Waals surface area contributed by atoms with Gasteiger partial charge in [-0.1, -0.05) is 194 Å². The first-order valence-corrected chi connectivity index (χ1v) is 21.2. The third-order valence-electron chi connectivity index (χ3n) is 11.2. The second-order valence-corrected chi connectivity index (χ2v) is 16.1. The predicted octanol–water partition coefficient (Wildman–Crippen LogP) is 15.0. The molecule has 3 aromatic heterocycles. The van der Waals surface area contributed by atoms with Crippen LogP contribution in [0.3, 0.4) is 0 Å². The zero-order chi connectivity index (χ0) is 40.5. The Balaban J connectivity index is 1.02. The number of nitrogens with zero attached hydrogens (tertiary/aromatic N) is 4. The molecule has 286 valence electrons. The van der Waals surface area contributed by atoms with Crippen LogP contribution in [0.15, 0.2) is 218 Å². The quantitative estimate of drug-likeness (QED) is 0.154. The van der Waals surface area contributed by atoms with E-state index in [1.165, 1.54) is 31.3 Å². The van der Waals surface area contributed by atoms with Crippen LogP contribution in [-0.2, 0) is 0 Å². The van der Waals surface area contributed by atoms with Crippen LogP contribution in [0.2, 0.25) is 0 Å². The Bertz CT molecular complexity index is 3200. The van der Waals surface area contributed by atoms with Crippen molar-refractivity contribution in [2.45, 2.75) is 0 Å². The van der Waals surface area contributed by atoms with E-state index in [4.69, 9.17) is 19.9 Å². The van der Waals surface area contributed by atoms with Crippen molar-refractivity contribution in [2.24, 2.45) is 0 Å². The molecule has 11 aromatic rings. The number of rotatable bonds is 8. The molecule has 0 aliphatic rings. The number of hydrogen-bond acceptors (Lipinski definition) is 5. The van der Waals surface area contributed by atoms with Crippen LogP contribution in [-0.4, -0.2) is 19.9 Å². The van der Waals surface area contributed by atoms with Crippen molar-refractivity contribution in [3.05, 3.63) is 218 Å². The second kappa shape index (κ2) is 15.7. The lowest BCUT2D eigenvalue weighted by Crippen LogP contribution is -1.96. The van der Waals surface area contributed by atoms with Crippen molar-refractivity contribution in [1.82, 2.24) is 19.9 Å². The zero-order valence-electron chi connectivity index (χ0n) is 33.0. The van der Waals surface area contributed by atoms with Crippen molar-refractivity contribution in [3.8, 4) is 90.1 Å². The lowest BCUT2D eigenvalue weighted by Gasteiger charge is -2.15. The van der Waals surface area contributed by atoms with Crippen molar-refractivity contribution in [2.75, 3.05) is 0 Å². The van der Waals surface area contributed by atoms with E-state index in [-0.39, 0.29) is 0 Å². The Hall–Kier alpha value is -7.86. The third kappa shape index (κ3) is 7.07. The summed E-state index contributed by atoms with van der Waals surface area (Å²) < 4.78 is 2.54. The van der Waals surface area contributed by atoms with E-state index in [0.717, 1.165) is 67.3 Å². The largest absolute Gasteiger partial charge is 0.228 e. The summed E-state index contributed by atoms with van der Waals surface area (Å²) in [5, 5.41) is 2.53. The Morgan fingerprint density at radius 2 is 0.656 bits per heavy atom. The molecule has 0 saturated heterocycles. The molecule has 61 heavy (non-hydrogen) atoms. The van der Waals surface area contributed by atoms with Gasteiger partial charge in [0.05, 0.1) is 22.8 Å². The van der Waals surface area contributed by atoms with Crippen molar-refractivity contribution >= 4 is 31.5 Å². The number of benzene rings is 8. The van der Waals surface area contributed by atoms with Crippen molar-refractivity contribution < 1.29 is 0 Å². The molecule has 0 fully saturated rings. The predicted molar refractivity (Wildman–Crippen MR) is 254 cm³/mol. The van der Waals surface area contributed by atoms with Crippen LogP contribution < -0.4 is 0 Å². The molecule has 0 radical (unpaired) electrons. The monoisotopic (exact) mass is 796 g/mol. The highest BCUT2D eigenvalue weighted by atomic mass is 32.1. The Kier molecular flexibility index (Phi) is 9.34. The summed E-state index contributed by atoms with van der Waals surface area (Å²) in [7, 11) is 0. The summed E-state index contributed by atoms with van der Waals surface area (Å²) in [5.41, 5.74) is 14.4. The van der Waals surface area contributed by atoms with Crippen LogP contribution in [0.25, 0.3) is 110 Å². The fourth-order valence-electron chi connectivity index (χ4n) is 8.12. The third-order valence-corrected chi connectivity index (χ3v) is 12.3. The summed E-state index contributed by atoms with van der Waals surface area (Å²) in [6, 6.07) is 76.3. The first-order valence-electron chi connectivity index (χ1n) is 20.4. The van der Waals surface area contributed by atoms with Gasteiger partial charge in [0.1, 0.15) is 0 Å². The molecule has 0 aliphatic carbocycles. The fourth-order valence-corrected chi connectivity index (χ4v) is 9.24. The Labute approximate surface area is 358 Å². The van der Waals surface area contributed by atoms with Gasteiger partial charge in [-0.25, -0.2) is 19.9 Å². The van der Waals surface area contributed by atoms with Crippen LogP contribution in [0, 0.1) is 0 Å². The molecule has 0 aliphatic heterocycles. The topological polar surface area (TPSA) is 51.6 Å². The maximum absolute atomic E-state index is 5.11. The SMILES string of the molecule is c1ccc(-c2cc(-c3ccc(-c4ccc5sc6ccccc6c5c4-c4ccc(-c5cc(-c6ccccc6)nc(-c6ccccc6)n5)cc4)cc3)nc(-c3ccccc3)n2)cc1. The van der Waals surface area contributed by atoms with E-state index >= 15 is 0 Å². The van der Waals surface area contributed by atoms with Gasteiger partial charge in [0.15, 0.2) is 11.6 Å². The molecule has 3 heterocycles. The summed E-state index contributed by atoms with van der Waals surface area (Å²) in [6.07, 6.45) is 0. The maximum atomic E-state index is 5.11. The molecule has 0 N–H and O–H groups in total. The van der Waals surface area contributed by atoms with Gasteiger partial charge in [0.2, 0.25) is 0 Å². The van der Waals surface area contributed by atoms with E-state index in [1.54, 1.807) is 0 Å². The highest BCUT2D eigenvalue weighted by molar-refractivity contribution is 7.26. The highest BCUT2D eigenvalue weighted by Crippen LogP contribution is 2.45. The molecule has 8 aromatic carbocycles. The standard InChI is InChI=1S/C56H36N4S/c1-5-15-38(16-6-1)47-35-49(59-55(57-47)43-19-9-3-10-20-43)40-27-25-37(26-28-40)45-33-34-52-54(46-23-13-14-24-51(46)61-52)53(45)42-31-29-41(30-32-42)50-36-48(39-17-7-2-8-18-39)58-56(60-50)44-21-11-4-12-22-44/h1-36H. The first kappa shape index (κ1) is 36.2. The van der Waals surface area contributed by atoms with Gasteiger partial charge >= 0.3 is 0 Å². The maximum Gasteiger partial charge on any atom is 0.160 e. The van der Waals surface area contributed by atoms with Gasteiger partial charge in [-0.15, -0.1) is 11.3 Å². The zero-order valence-corrected chi connectivity index (χ0v) is 33.8. The number of hydrogen-bond donors (Lipinski definition) is 0. The van der Waals surface area contributed by atoms with Gasteiger partial charge in [-0.05, 0) is 46.5 Å². The summed E-state index contributed by atoms with van der Waals surface area (Å²) >= 11 is 1.84. The average Bonchev–Trinajstić information content (AvgIpc) is 3.73. The molecule has 0 unspecified atom stereocenters. The highest BCUT2D eigenvalue weighted by Gasteiger charge is 2.18. The van der Waals surface area contributed by atoms with E-state index in [1.807, 2.05) is 84.1 Å². The Morgan fingerprint density at radius 1 is 0.279 bits per heavy atom. The summed E-state index contributed by atoms with van der Waals surface area (Å²) in [6.45, 7) is 0. The van der Waals surface area contributed by atoms with E-state index in [2.05, 4.69) is 146 Å². The minimum Gasteiger partial charge on any atom is -0.228 e. The Morgan fingerprint density at radius 3 is 1.13 bits per heavy atom. The molecule has 0 amide bonds. The van der Waals surface area contributed by atoms with Crippen LogP contribution in [0.5, 0.6) is 0 Å². The second-order valence-electron chi connectivity index (χ2n) is 15.0. The average molecular weight is 797 g/mol. The van der Waals surface area contributed by atoms with Gasteiger partial charge < -0.3 is 0 Å². The number of thiophene rings is 1. The molecule has 11 rings (SSSR count). The van der Waals surface area contributed by atoms with E-state index in [0.29, 0.717) is 11.6 Å². The lowest BCUT2D eigenvalue weighted by molar-refractivity contribution is 1.18. The summed E-state index contributed by atoms with van der Waals surface area (Å²) in [5.74, 6) is 1.41. The smallest absolute Gasteiger partial charge is 0.160 e. The van der Waals surface area contributed by atoms with Gasteiger partial charge in [0.25, 0.3) is 0 Å². The molecule has 4 nitrogen and oxygen atoms in total. The summed E-state index contributed by atoms with van der Waals surface area (Å²) in [4.78, 5) is 20.2. The molecule has 0 saturated carbocycles. The van der Waals surface area contributed by atoms with E-state index < -0.39 is 0 Å². The first-order chi connectivity index (χ1) is 30.2. The lowest BCUT2D eigenvalue weighted by atomic mass is 9.89. The normalized spacial score (nSPS) is 11.3. The molecular weight excluding hydrogens is 761 g/mol. The minimum atomic E-state index is 0.704. The molecule has 0 spiro atoms. The molecule has 0 bridgehead atoms. The van der Waals surface area contributed by atoms with Crippen LogP contribution in [0.1, 0.15) is 0 Å². The number of fused-ring (bicyclic) bond motifs is 3. The van der Waals surface area contributed by atoms with Crippen LogP contribution >= 0.6 is 11.3 Å². The number of aromatic nitrogens is 4. The van der Waals surface area contributed by atoms with Gasteiger partial charge in [0, 0.05) is 53.6 Å². The minimum absolute atomic E-state index is 0.704. The molecule has 0 atom stereocenters. The van der Waals surface area contributed by atoms with Crippen molar-refractivity contribution in [1.29, 1.82) is 0 Å². The van der Waals surface area contributed by atoms with Gasteiger partial charge in [-0.2, -0.15) is 0 Å². The van der Waals surface area contributed by atoms with E-state index in [9.17, 15) is 0 Å². The van der Waals surface area contributed by atoms with Gasteiger partial charge in [-0.3, -0.25) is 0 Å². The molecule has 5 heteroatoms. The molecular formula is C56H36N4S. The van der Waals surface area contributed by atoms with Crippen molar-refractivity contribution in [3.63, 3.8) is 0 Å². The fraction of sp³-hybridized carbons (Fsp3) is 0.